The van der Waals surface area contributed by atoms with E-state index in [1.54, 1.807) is 0 Å². The smallest absolute Gasteiger partial charge is 0.156 e. The Morgan fingerprint density at radius 3 is 1.88 bits per heavy atom. The van der Waals surface area contributed by atoms with Crippen molar-refractivity contribution in [1.82, 2.24) is 9.97 Å². The van der Waals surface area contributed by atoms with Gasteiger partial charge in [-0.05, 0) is 122 Å². The van der Waals surface area contributed by atoms with E-state index in [1.807, 2.05) is 0 Å². The van der Waals surface area contributed by atoms with Crippen molar-refractivity contribution in [3.63, 3.8) is 0 Å². The van der Waals surface area contributed by atoms with Crippen LogP contribution in [0.2, 0.25) is 0 Å². The van der Waals surface area contributed by atoms with Crippen LogP contribution in [0.4, 0.5) is 0 Å². The highest BCUT2D eigenvalue weighted by atomic mass is 16.3. The molecule has 0 saturated heterocycles. The van der Waals surface area contributed by atoms with Gasteiger partial charge in [0.2, 0.25) is 0 Å². The number of furan rings is 1. The third-order valence-electron chi connectivity index (χ3n) is 12.3. The highest BCUT2D eigenvalue weighted by molar-refractivity contribution is 6.28. The Kier molecular flexibility index (Phi) is 7.80. The van der Waals surface area contributed by atoms with Gasteiger partial charge in [0, 0.05) is 27.5 Å². The van der Waals surface area contributed by atoms with Crippen LogP contribution in [-0.4, -0.2) is 9.97 Å². The predicted octanol–water partition coefficient (Wildman–Crippen LogP) is 15.2. The van der Waals surface area contributed by atoms with Crippen LogP contribution in [0, 0.1) is 0 Å². The summed E-state index contributed by atoms with van der Waals surface area (Å²) in [6.07, 6.45) is 15.6. The van der Waals surface area contributed by atoms with Crippen molar-refractivity contribution in [3.05, 3.63) is 199 Å². The van der Waals surface area contributed by atoms with Gasteiger partial charge in [-0.2, -0.15) is 0 Å². The summed E-state index contributed by atoms with van der Waals surface area (Å²) >= 11 is 0. The number of nitrogens with zero attached hydrogens (tertiary/aromatic N) is 2. The van der Waals surface area contributed by atoms with Crippen molar-refractivity contribution in [2.75, 3.05) is 0 Å². The minimum Gasteiger partial charge on any atom is -0.455 e. The fourth-order valence-electron chi connectivity index (χ4n) is 9.52. The number of aromatic nitrogens is 2. The lowest BCUT2D eigenvalue weighted by molar-refractivity contribution is 0.670. The van der Waals surface area contributed by atoms with Gasteiger partial charge in [0.05, 0.1) is 11.4 Å². The number of rotatable bonds is 6. The molecule has 0 fully saturated rings. The Morgan fingerprint density at radius 1 is 0.441 bits per heavy atom. The monoisotopic (exact) mass is 754 g/mol. The fraction of sp³-hybridized carbons (Fsp3) is 0.0714. The van der Waals surface area contributed by atoms with Crippen molar-refractivity contribution in [2.24, 2.45) is 0 Å². The van der Waals surface area contributed by atoms with E-state index in [9.17, 15) is 0 Å². The second kappa shape index (κ2) is 13.6. The third kappa shape index (κ3) is 5.65. The maximum Gasteiger partial charge on any atom is 0.156 e. The van der Waals surface area contributed by atoms with Crippen LogP contribution < -0.4 is 0 Å². The molecule has 7 aromatic carbocycles. The Balaban J connectivity index is 1.00. The summed E-state index contributed by atoms with van der Waals surface area (Å²) in [5.41, 5.74) is 19.0. The summed E-state index contributed by atoms with van der Waals surface area (Å²) in [6.45, 7) is 0. The average molecular weight is 755 g/mol. The van der Waals surface area contributed by atoms with E-state index in [-0.39, 0.29) is 0 Å². The Labute approximate surface area is 343 Å². The number of fused-ring (bicyclic) bond motifs is 7. The predicted molar refractivity (Wildman–Crippen MR) is 245 cm³/mol. The minimum atomic E-state index is 0.781. The van der Waals surface area contributed by atoms with Crippen LogP contribution in [0.15, 0.2) is 198 Å². The zero-order valence-corrected chi connectivity index (χ0v) is 32.5. The molecule has 0 radical (unpaired) electrons. The molecule has 0 spiro atoms. The molecule has 0 amide bonds. The first-order chi connectivity index (χ1) is 29.2. The van der Waals surface area contributed by atoms with E-state index in [0.29, 0.717) is 0 Å². The average Bonchev–Trinajstić information content (AvgIpc) is 3.86. The number of para-hydroxylation sites is 1. The maximum atomic E-state index is 6.91. The Morgan fingerprint density at radius 2 is 1.08 bits per heavy atom. The van der Waals surface area contributed by atoms with Crippen molar-refractivity contribution < 1.29 is 4.42 Å². The molecular formula is C56H38N2O. The molecule has 0 unspecified atom stereocenters. The van der Waals surface area contributed by atoms with Gasteiger partial charge in [-0.3, -0.25) is 0 Å². The molecule has 9 aromatic rings. The number of allylic oxidation sites excluding steroid dienone is 8. The SMILES string of the molecule is C1=CC(C2=CCCC(c3nc(-c4cccc(-c5ccccc5)c4)cc(-c4cccc(-c5cccc6c5oc5cc7c8c(cccc8c56)-c5ccccc5-7)c4)n3)=C2)=CCC1. The van der Waals surface area contributed by atoms with E-state index in [0.717, 1.165) is 87.3 Å². The molecule has 0 N–H and O–H groups in total. The molecule has 2 heterocycles. The first-order valence-corrected chi connectivity index (χ1v) is 20.7. The van der Waals surface area contributed by atoms with Gasteiger partial charge in [0.15, 0.2) is 5.82 Å². The van der Waals surface area contributed by atoms with Crippen LogP contribution in [0.25, 0.3) is 105 Å². The molecule has 12 rings (SSSR count). The number of hydrogen-bond donors (Lipinski definition) is 0. The Bertz CT molecular complexity index is 3320. The molecule has 0 aliphatic heterocycles. The molecule has 3 nitrogen and oxygen atoms in total. The second-order valence-electron chi connectivity index (χ2n) is 15.9. The highest BCUT2D eigenvalue weighted by Gasteiger charge is 2.25. The molecule has 278 valence electrons. The molecule has 2 aromatic heterocycles. The summed E-state index contributed by atoms with van der Waals surface area (Å²) in [6, 6.07) is 54.4. The Hall–Kier alpha value is -7.36. The van der Waals surface area contributed by atoms with E-state index in [2.05, 4.69) is 182 Å². The molecule has 3 aliphatic carbocycles. The van der Waals surface area contributed by atoms with Crippen LogP contribution in [-0.2, 0) is 0 Å². The van der Waals surface area contributed by atoms with E-state index >= 15 is 0 Å². The minimum absolute atomic E-state index is 0.781. The number of hydrogen-bond acceptors (Lipinski definition) is 3. The standard InChI is InChI=1S/C56H38N2O/c1-3-14-35(15-4-1)37-18-9-21-40(30-37)50-34-51(58-56(57-50)42-23-10-19-38(31-42)36-16-5-2-6-17-36)41-22-11-20-39(32-41)43-26-12-29-48-54-47-28-13-27-46-44-24-7-8-25-45(44)49(53(46)47)33-52(54)59-55(43)48/h1,3-5,7-9,11-22,24-34H,2,6,10,23H2. The largest absolute Gasteiger partial charge is 0.455 e. The zero-order valence-electron chi connectivity index (χ0n) is 32.5. The normalized spacial score (nSPS) is 14.4. The molecular weight excluding hydrogens is 717 g/mol. The van der Waals surface area contributed by atoms with Gasteiger partial charge in [0.25, 0.3) is 0 Å². The lowest BCUT2D eigenvalue weighted by atomic mass is 9.91. The topological polar surface area (TPSA) is 38.9 Å². The lowest BCUT2D eigenvalue weighted by Crippen LogP contribution is -2.03. The third-order valence-corrected chi connectivity index (χ3v) is 12.3. The van der Waals surface area contributed by atoms with Crippen LogP contribution in [0.5, 0.6) is 0 Å². The molecule has 0 bridgehead atoms. The molecule has 0 atom stereocenters. The molecule has 3 heteroatoms. The van der Waals surface area contributed by atoms with Gasteiger partial charge >= 0.3 is 0 Å². The van der Waals surface area contributed by atoms with Gasteiger partial charge in [-0.15, -0.1) is 0 Å². The number of benzene rings is 7. The fourth-order valence-corrected chi connectivity index (χ4v) is 9.52. The van der Waals surface area contributed by atoms with Crippen LogP contribution in [0.1, 0.15) is 31.5 Å². The first-order valence-electron chi connectivity index (χ1n) is 20.7. The first kappa shape index (κ1) is 33.7. The van der Waals surface area contributed by atoms with E-state index in [4.69, 9.17) is 14.4 Å². The van der Waals surface area contributed by atoms with Crippen molar-refractivity contribution in [3.8, 4) is 67.0 Å². The van der Waals surface area contributed by atoms with Crippen molar-refractivity contribution >= 4 is 38.3 Å². The molecule has 3 aliphatic rings. The summed E-state index contributed by atoms with van der Waals surface area (Å²) in [5.74, 6) is 0.781. The highest BCUT2D eigenvalue weighted by Crippen LogP contribution is 2.51. The van der Waals surface area contributed by atoms with Gasteiger partial charge in [-0.25, -0.2) is 9.97 Å². The second-order valence-corrected chi connectivity index (χ2v) is 15.9. The summed E-state index contributed by atoms with van der Waals surface area (Å²) in [5, 5.41) is 4.84. The van der Waals surface area contributed by atoms with E-state index in [1.165, 1.54) is 60.7 Å². The van der Waals surface area contributed by atoms with Crippen molar-refractivity contribution in [2.45, 2.75) is 25.7 Å². The zero-order chi connectivity index (χ0) is 38.9. The van der Waals surface area contributed by atoms with Crippen LogP contribution >= 0.6 is 0 Å². The molecule has 59 heavy (non-hydrogen) atoms. The lowest BCUT2D eigenvalue weighted by Gasteiger charge is -2.17. The van der Waals surface area contributed by atoms with E-state index < -0.39 is 0 Å². The van der Waals surface area contributed by atoms with Crippen LogP contribution in [0.3, 0.4) is 0 Å². The van der Waals surface area contributed by atoms with Crippen molar-refractivity contribution in [1.29, 1.82) is 0 Å². The van der Waals surface area contributed by atoms with Gasteiger partial charge < -0.3 is 4.42 Å². The quantitative estimate of drug-likeness (QED) is 0.170. The molecule has 0 saturated carbocycles. The summed E-state index contributed by atoms with van der Waals surface area (Å²) in [4.78, 5) is 10.7. The summed E-state index contributed by atoms with van der Waals surface area (Å²) in [7, 11) is 0. The summed E-state index contributed by atoms with van der Waals surface area (Å²) < 4.78 is 6.91. The van der Waals surface area contributed by atoms with Gasteiger partial charge in [-0.1, -0.05) is 152 Å². The van der Waals surface area contributed by atoms with Gasteiger partial charge in [0.1, 0.15) is 11.2 Å². The maximum absolute atomic E-state index is 6.91.